The molecule has 2 amide bonds. The zero-order valence-corrected chi connectivity index (χ0v) is 23.6. The van der Waals surface area contributed by atoms with Gasteiger partial charge in [-0.3, -0.25) is 19.9 Å². The molecule has 0 bridgehead atoms. The molecule has 0 aliphatic rings. The van der Waals surface area contributed by atoms with Crippen molar-refractivity contribution >= 4 is 46.2 Å². The number of ether oxygens (including phenoxy) is 2. The van der Waals surface area contributed by atoms with Gasteiger partial charge in [-0.05, 0) is 60.5 Å². The van der Waals surface area contributed by atoms with Gasteiger partial charge in [0.2, 0.25) is 5.91 Å². The van der Waals surface area contributed by atoms with Crippen molar-refractivity contribution in [1.29, 1.82) is 0 Å². The van der Waals surface area contributed by atoms with Crippen molar-refractivity contribution in [2.24, 2.45) is 5.73 Å². The Morgan fingerprint density at radius 1 is 1.12 bits per heavy atom. The molecule has 0 unspecified atom stereocenters. The molecule has 2 aromatic carbocycles. The first-order chi connectivity index (χ1) is 20.1. The third-order valence-corrected chi connectivity index (χ3v) is 6.60. The molecule has 0 fully saturated rings. The average molecular weight is 608 g/mol. The van der Waals surface area contributed by atoms with Crippen LogP contribution >= 0.6 is 11.6 Å². The molecular formula is C28H32ClF2N5O6. The van der Waals surface area contributed by atoms with Crippen molar-refractivity contribution in [2.75, 3.05) is 25.1 Å². The first-order valence-electron chi connectivity index (χ1n) is 13.1. The van der Waals surface area contributed by atoms with Crippen LogP contribution in [0.25, 0.3) is 10.8 Å². The fourth-order valence-electron chi connectivity index (χ4n) is 3.97. The highest BCUT2D eigenvalue weighted by atomic mass is 35.5. The summed E-state index contributed by atoms with van der Waals surface area (Å²) >= 11 is 6.05. The minimum Gasteiger partial charge on any atom is -0.464 e. The first-order valence-corrected chi connectivity index (χ1v) is 13.4. The number of nitrogens with zero attached hydrogens (tertiary/aromatic N) is 2. The zero-order chi connectivity index (χ0) is 30.6. The second-order valence-corrected chi connectivity index (χ2v) is 9.71. The van der Waals surface area contributed by atoms with E-state index in [9.17, 15) is 23.2 Å². The lowest BCUT2D eigenvalue weighted by Crippen LogP contribution is -2.50. The molecule has 226 valence electrons. The Bertz CT molecular complexity index is 1400. The lowest BCUT2D eigenvalue weighted by molar-refractivity contribution is -0.146. The van der Waals surface area contributed by atoms with Gasteiger partial charge in [-0.2, -0.15) is 0 Å². The monoisotopic (exact) mass is 607 g/mol. The van der Waals surface area contributed by atoms with Crippen molar-refractivity contribution in [3.05, 3.63) is 70.9 Å². The highest BCUT2D eigenvalue weighted by Crippen LogP contribution is 2.21. The lowest BCUT2D eigenvalue weighted by atomic mass is 10.1. The van der Waals surface area contributed by atoms with Crippen LogP contribution in [0.2, 0.25) is 5.02 Å². The maximum atomic E-state index is 13.9. The summed E-state index contributed by atoms with van der Waals surface area (Å²) in [6.07, 6.45) is 1.78. The van der Waals surface area contributed by atoms with Crippen molar-refractivity contribution < 1.29 is 37.7 Å². The van der Waals surface area contributed by atoms with Crippen LogP contribution in [0.5, 0.6) is 0 Å². The fourth-order valence-corrected chi connectivity index (χ4v) is 4.16. The summed E-state index contributed by atoms with van der Waals surface area (Å²) in [6, 6.07) is 8.15. The summed E-state index contributed by atoms with van der Waals surface area (Å²) in [4.78, 5) is 41.0. The molecule has 0 saturated carbocycles. The second kappa shape index (κ2) is 15.9. The standard InChI is InChI=1S/C28H32ClF2N5O6/c1-17(38)36(34-14-19-5-4-7-23(31)26(19)29)22(6-2-3-10-41-27(39)24(32)15-37)16-42-28(40)35-25-12-20-11-21(30)9-8-18(20)13-33-25/h4-5,7-9,11-13,22,24,34,37H,2-3,6,10,14-16,32H2,1H3,(H,33,35,40)/t22-,24-/m0/s1. The number of nitrogens with two attached hydrogens (primary N) is 1. The van der Waals surface area contributed by atoms with Crippen molar-refractivity contribution in [3.63, 3.8) is 0 Å². The lowest BCUT2D eigenvalue weighted by Gasteiger charge is -2.31. The minimum atomic E-state index is -1.13. The summed E-state index contributed by atoms with van der Waals surface area (Å²) in [6.45, 7) is 0.560. The number of hydrogen-bond donors (Lipinski definition) is 4. The highest BCUT2D eigenvalue weighted by molar-refractivity contribution is 6.31. The average Bonchev–Trinajstić information content (AvgIpc) is 2.96. The molecule has 0 saturated heterocycles. The van der Waals surface area contributed by atoms with E-state index in [2.05, 4.69) is 15.7 Å². The molecule has 3 aromatic rings. The zero-order valence-electron chi connectivity index (χ0n) is 22.8. The number of pyridine rings is 1. The van der Waals surface area contributed by atoms with Gasteiger partial charge in [0.1, 0.15) is 30.1 Å². The van der Waals surface area contributed by atoms with Gasteiger partial charge >= 0.3 is 12.1 Å². The SMILES string of the molecule is CC(=O)N(NCc1cccc(F)c1Cl)[C@@H](CCCCOC(=O)[C@@H](N)CO)COC(=O)Nc1cc2cc(F)ccc2cn1. The maximum Gasteiger partial charge on any atom is 0.412 e. The largest absolute Gasteiger partial charge is 0.464 e. The quantitative estimate of drug-likeness (QED) is 0.122. The Morgan fingerprint density at radius 3 is 2.64 bits per heavy atom. The molecular weight excluding hydrogens is 576 g/mol. The Hall–Kier alpha value is -3.91. The number of esters is 1. The molecule has 0 aliphatic heterocycles. The number of hydrogen-bond acceptors (Lipinski definition) is 9. The molecule has 0 spiro atoms. The number of halogens is 3. The number of unbranched alkanes of at least 4 members (excludes halogenated alkanes) is 1. The Morgan fingerprint density at radius 2 is 1.90 bits per heavy atom. The van der Waals surface area contributed by atoms with Crippen LogP contribution in [-0.4, -0.2) is 65.0 Å². The predicted octanol–water partition coefficient (Wildman–Crippen LogP) is 3.67. The normalized spacial score (nSPS) is 12.4. The number of aliphatic hydroxyl groups is 1. The van der Waals surface area contributed by atoms with E-state index in [0.717, 1.165) is 0 Å². The summed E-state index contributed by atoms with van der Waals surface area (Å²) in [5.41, 5.74) is 8.76. The van der Waals surface area contributed by atoms with Gasteiger partial charge in [0.15, 0.2) is 0 Å². The summed E-state index contributed by atoms with van der Waals surface area (Å²) < 4.78 is 37.9. The number of carbonyl (C=O) groups is 3. The number of carbonyl (C=O) groups excluding carboxylic acids is 3. The number of aliphatic hydroxyl groups excluding tert-OH is 1. The molecule has 0 radical (unpaired) electrons. The molecule has 1 aromatic heterocycles. The molecule has 3 rings (SSSR count). The van der Waals surface area contributed by atoms with E-state index in [1.165, 1.54) is 48.5 Å². The minimum absolute atomic E-state index is 0.00704. The van der Waals surface area contributed by atoms with Crippen molar-refractivity contribution in [1.82, 2.24) is 15.4 Å². The summed E-state index contributed by atoms with van der Waals surface area (Å²) in [5.74, 6) is -2.05. The topological polar surface area (TPSA) is 156 Å². The van der Waals surface area contributed by atoms with Crippen LogP contribution in [0.4, 0.5) is 19.4 Å². The van der Waals surface area contributed by atoms with Crippen LogP contribution in [0, 0.1) is 11.6 Å². The van der Waals surface area contributed by atoms with Crippen LogP contribution in [-0.2, 0) is 25.6 Å². The third kappa shape index (κ3) is 9.58. The molecule has 2 atom stereocenters. The Labute approximate surface area is 245 Å². The van der Waals surface area contributed by atoms with E-state index in [1.54, 1.807) is 12.1 Å². The highest BCUT2D eigenvalue weighted by Gasteiger charge is 2.24. The Balaban J connectivity index is 1.65. The number of fused-ring (bicyclic) bond motifs is 1. The van der Waals surface area contributed by atoms with E-state index >= 15 is 0 Å². The molecule has 14 heteroatoms. The number of rotatable bonds is 14. The van der Waals surface area contributed by atoms with Gasteiger partial charge in [0, 0.05) is 25.1 Å². The van der Waals surface area contributed by atoms with Gasteiger partial charge in [-0.1, -0.05) is 23.7 Å². The maximum absolute atomic E-state index is 13.9. The van der Waals surface area contributed by atoms with E-state index in [4.69, 9.17) is 31.9 Å². The van der Waals surface area contributed by atoms with Gasteiger partial charge < -0.3 is 20.3 Å². The molecule has 42 heavy (non-hydrogen) atoms. The number of aromatic nitrogens is 1. The number of benzene rings is 2. The molecule has 1 heterocycles. The summed E-state index contributed by atoms with van der Waals surface area (Å²) in [5, 5.41) is 13.8. The number of nitrogens with one attached hydrogen (secondary N) is 2. The Kier molecular flexibility index (Phi) is 12.4. The smallest absolute Gasteiger partial charge is 0.412 e. The van der Waals surface area contributed by atoms with E-state index in [1.807, 2.05) is 0 Å². The van der Waals surface area contributed by atoms with Crippen molar-refractivity contribution in [3.8, 4) is 0 Å². The molecule has 11 nitrogen and oxygen atoms in total. The predicted molar refractivity (Wildman–Crippen MR) is 151 cm³/mol. The van der Waals surface area contributed by atoms with Crippen LogP contribution in [0.15, 0.2) is 48.7 Å². The van der Waals surface area contributed by atoms with E-state index in [-0.39, 0.29) is 30.6 Å². The molecule has 5 N–H and O–H groups in total. The van der Waals surface area contributed by atoms with Crippen molar-refractivity contribution in [2.45, 2.75) is 44.8 Å². The van der Waals surface area contributed by atoms with Gasteiger partial charge in [-0.25, -0.2) is 24.0 Å². The van der Waals surface area contributed by atoms with Gasteiger partial charge in [-0.15, -0.1) is 0 Å². The van der Waals surface area contributed by atoms with Crippen LogP contribution in [0.1, 0.15) is 31.7 Å². The molecule has 0 aliphatic carbocycles. The van der Waals surface area contributed by atoms with Gasteiger partial charge in [0.25, 0.3) is 0 Å². The second-order valence-electron chi connectivity index (χ2n) is 9.33. The third-order valence-electron chi connectivity index (χ3n) is 6.17. The van der Waals surface area contributed by atoms with Crippen LogP contribution in [0.3, 0.4) is 0 Å². The number of anilines is 1. The van der Waals surface area contributed by atoms with Crippen LogP contribution < -0.4 is 16.5 Å². The summed E-state index contributed by atoms with van der Waals surface area (Å²) in [7, 11) is 0. The van der Waals surface area contributed by atoms with Gasteiger partial charge in [0.05, 0.1) is 24.3 Å². The van der Waals surface area contributed by atoms with E-state index < -0.39 is 48.3 Å². The van der Waals surface area contributed by atoms with E-state index in [0.29, 0.717) is 35.6 Å². The fraction of sp³-hybridized carbons (Fsp3) is 0.357. The first kappa shape index (κ1) is 32.6. The number of amides is 2. The number of hydrazine groups is 1.